The van der Waals surface area contributed by atoms with Gasteiger partial charge in [-0.05, 0) is 17.7 Å². The number of nitrogens with one attached hydrogen (secondary N) is 1. The molecule has 1 aromatic rings. The van der Waals surface area contributed by atoms with Crippen molar-refractivity contribution < 1.29 is 14.3 Å². The minimum Gasteiger partial charge on any atom is -0.493 e. The standard InChI is InChI=1S/C13H18N2O4S/c1-18-11-4-3-9(8-12(11)19-2)7-10(15-17)13(16)14-5-6-20/h3-4,8,10,20H,5-7H2,1-2H3,(H,14,16). The largest absolute Gasteiger partial charge is 0.493 e. The van der Waals surface area contributed by atoms with E-state index in [-0.39, 0.29) is 6.42 Å². The summed E-state index contributed by atoms with van der Waals surface area (Å²) in [4.78, 5) is 22.5. The number of ether oxygens (including phenoxy) is 2. The summed E-state index contributed by atoms with van der Waals surface area (Å²) in [6.07, 6.45) is 0.211. The Labute approximate surface area is 123 Å². The average Bonchev–Trinajstić information content (AvgIpc) is 2.49. The zero-order valence-electron chi connectivity index (χ0n) is 11.5. The van der Waals surface area contributed by atoms with Crippen molar-refractivity contribution >= 4 is 18.5 Å². The van der Waals surface area contributed by atoms with Crippen molar-refractivity contribution in [2.45, 2.75) is 12.5 Å². The van der Waals surface area contributed by atoms with Crippen molar-refractivity contribution in [1.82, 2.24) is 5.32 Å². The van der Waals surface area contributed by atoms with Crippen molar-refractivity contribution in [1.29, 1.82) is 0 Å². The van der Waals surface area contributed by atoms with Crippen LogP contribution in [-0.2, 0) is 11.2 Å². The Morgan fingerprint density at radius 1 is 1.35 bits per heavy atom. The van der Waals surface area contributed by atoms with E-state index in [1.54, 1.807) is 18.2 Å². The molecule has 0 fully saturated rings. The monoisotopic (exact) mass is 298 g/mol. The van der Waals surface area contributed by atoms with E-state index in [0.717, 1.165) is 5.56 Å². The van der Waals surface area contributed by atoms with E-state index in [2.05, 4.69) is 23.1 Å². The van der Waals surface area contributed by atoms with E-state index in [9.17, 15) is 9.70 Å². The second-order valence-corrected chi connectivity index (χ2v) is 4.48. The van der Waals surface area contributed by atoms with Crippen LogP contribution in [-0.4, -0.2) is 38.5 Å². The predicted octanol–water partition coefficient (Wildman–Crippen LogP) is 1.43. The first-order valence-corrected chi connectivity index (χ1v) is 6.71. The second kappa shape index (κ2) is 8.42. The number of hydrogen-bond acceptors (Lipinski definition) is 6. The summed E-state index contributed by atoms with van der Waals surface area (Å²) in [6, 6.07) is 4.25. The molecule has 1 aromatic carbocycles. The summed E-state index contributed by atoms with van der Waals surface area (Å²) in [5.74, 6) is 1.24. The molecule has 0 saturated heterocycles. The summed E-state index contributed by atoms with van der Waals surface area (Å²) < 4.78 is 10.3. The summed E-state index contributed by atoms with van der Waals surface area (Å²) in [7, 11) is 3.06. The molecule has 0 heterocycles. The van der Waals surface area contributed by atoms with Crippen LogP contribution >= 0.6 is 12.6 Å². The molecule has 1 atom stereocenters. The van der Waals surface area contributed by atoms with Gasteiger partial charge in [0.25, 0.3) is 0 Å². The molecule has 7 heteroatoms. The van der Waals surface area contributed by atoms with Gasteiger partial charge in [-0.2, -0.15) is 12.6 Å². The maximum absolute atomic E-state index is 11.7. The molecule has 1 rings (SSSR count). The summed E-state index contributed by atoms with van der Waals surface area (Å²) in [5, 5.41) is 5.46. The third kappa shape index (κ3) is 4.41. The normalized spacial score (nSPS) is 11.6. The number of hydrogen-bond donors (Lipinski definition) is 2. The third-order valence-corrected chi connectivity index (χ3v) is 2.94. The van der Waals surface area contributed by atoms with Gasteiger partial charge < -0.3 is 14.8 Å². The Balaban J connectivity index is 2.79. The van der Waals surface area contributed by atoms with Crippen LogP contribution in [0.15, 0.2) is 23.4 Å². The minimum atomic E-state index is -0.965. The van der Waals surface area contributed by atoms with Gasteiger partial charge in [0.1, 0.15) is 0 Å². The average molecular weight is 298 g/mol. The SMILES string of the molecule is COc1ccc(CC(N=O)C(=O)NCCS)cc1OC. The summed E-state index contributed by atoms with van der Waals surface area (Å²) in [5.41, 5.74) is 0.772. The van der Waals surface area contributed by atoms with Crippen LogP contribution in [0.4, 0.5) is 0 Å². The lowest BCUT2D eigenvalue weighted by atomic mass is 10.1. The molecule has 0 radical (unpaired) electrons. The van der Waals surface area contributed by atoms with Crippen LogP contribution in [0, 0.1) is 4.91 Å². The van der Waals surface area contributed by atoms with Crippen LogP contribution in [0.2, 0.25) is 0 Å². The Morgan fingerprint density at radius 3 is 2.60 bits per heavy atom. The third-order valence-electron chi connectivity index (χ3n) is 2.72. The lowest BCUT2D eigenvalue weighted by Gasteiger charge is -2.12. The fraction of sp³-hybridized carbons (Fsp3) is 0.462. The lowest BCUT2D eigenvalue weighted by molar-refractivity contribution is -0.122. The molecule has 0 aliphatic heterocycles. The van der Waals surface area contributed by atoms with Crippen molar-refractivity contribution in [3.8, 4) is 11.5 Å². The highest BCUT2D eigenvalue weighted by atomic mass is 32.1. The molecule has 0 spiro atoms. The highest BCUT2D eigenvalue weighted by molar-refractivity contribution is 7.80. The smallest absolute Gasteiger partial charge is 0.248 e. The van der Waals surface area contributed by atoms with Crippen molar-refractivity contribution in [3.63, 3.8) is 0 Å². The van der Waals surface area contributed by atoms with Gasteiger partial charge >= 0.3 is 0 Å². The van der Waals surface area contributed by atoms with Gasteiger partial charge in [-0.15, -0.1) is 4.91 Å². The van der Waals surface area contributed by atoms with Crippen molar-refractivity contribution in [2.24, 2.45) is 5.18 Å². The van der Waals surface area contributed by atoms with Crippen LogP contribution in [0.25, 0.3) is 0 Å². The Hall–Kier alpha value is -1.76. The van der Waals surface area contributed by atoms with E-state index in [0.29, 0.717) is 23.8 Å². The number of benzene rings is 1. The predicted molar refractivity (Wildman–Crippen MR) is 79.7 cm³/mol. The number of nitrogens with zero attached hydrogens (tertiary/aromatic N) is 1. The molecule has 0 aliphatic carbocycles. The van der Waals surface area contributed by atoms with Gasteiger partial charge in [-0.25, -0.2) is 0 Å². The van der Waals surface area contributed by atoms with Crippen molar-refractivity contribution in [3.05, 3.63) is 28.7 Å². The maximum Gasteiger partial charge on any atom is 0.248 e. The first-order valence-electron chi connectivity index (χ1n) is 6.08. The molecule has 6 nitrogen and oxygen atoms in total. The van der Waals surface area contributed by atoms with Gasteiger partial charge in [-0.1, -0.05) is 11.2 Å². The highest BCUT2D eigenvalue weighted by Crippen LogP contribution is 2.28. The number of carbonyl (C=O) groups excluding carboxylic acids is 1. The molecular formula is C13H18N2O4S. The number of methoxy groups -OCH3 is 2. The Morgan fingerprint density at radius 2 is 2.05 bits per heavy atom. The maximum atomic E-state index is 11.7. The number of thiol groups is 1. The second-order valence-electron chi connectivity index (χ2n) is 4.03. The number of carbonyl (C=O) groups is 1. The number of nitroso groups, excluding NO2 is 1. The van der Waals surface area contributed by atoms with E-state index < -0.39 is 11.9 Å². The number of rotatable bonds is 8. The molecule has 1 unspecified atom stereocenters. The molecular weight excluding hydrogens is 280 g/mol. The summed E-state index contributed by atoms with van der Waals surface area (Å²) >= 11 is 3.99. The minimum absolute atomic E-state index is 0.211. The van der Waals surface area contributed by atoms with Crippen LogP contribution in [0.5, 0.6) is 11.5 Å². The zero-order chi connectivity index (χ0) is 15.0. The van der Waals surface area contributed by atoms with E-state index in [1.165, 1.54) is 14.2 Å². The molecule has 1 N–H and O–H groups in total. The van der Waals surface area contributed by atoms with Gasteiger partial charge in [0.15, 0.2) is 17.5 Å². The van der Waals surface area contributed by atoms with Gasteiger partial charge in [0, 0.05) is 18.7 Å². The zero-order valence-corrected chi connectivity index (χ0v) is 12.4. The Bertz CT molecular complexity index is 468. The van der Waals surface area contributed by atoms with Gasteiger partial charge in [0.2, 0.25) is 5.91 Å². The molecule has 0 aromatic heterocycles. The van der Waals surface area contributed by atoms with Crippen LogP contribution < -0.4 is 14.8 Å². The fourth-order valence-corrected chi connectivity index (χ4v) is 1.82. The molecule has 0 aliphatic rings. The topological polar surface area (TPSA) is 77.0 Å². The molecule has 0 bridgehead atoms. The first kappa shape index (κ1) is 16.3. The van der Waals surface area contributed by atoms with E-state index >= 15 is 0 Å². The quantitative estimate of drug-likeness (QED) is 0.562. The van der Waals surface area contributed by atoms with Gasteiger partial charge in [-0.3, -0.25) is 4.79 Å². The lowest BCUT2D eigenvalue weighted by Crippen LogP contribution is -2.35. The van der Waals surface area contributed by atoms with Crippen LogP contribution in [0.1, 0.15) is 5.56 Å². The molecule has 0 saturated carbocycles. The highest BCUT2D eigenvalue weighted by Gasteiger charge is 2.20. The molecule has 20 heavy (non-hydrogen) atoms. The summed E-state index contributed by atoms with van der Waals surface area (Å²) in [6.45, 7) is 0.403. The van der Waals surface area contributed by atoms with Crippen LogP contribution in [0.3, 0.4) is 0 Å². The first-order chi connectivity index (χ1) is 9.65. The molecule has 110 valence electrons. The van der Waals surface area contributed by atoms with E-state index in [4.69, 9.17) is 9.47 Å². The molecule has 1 amide bonds. The van der Waals surface area contributed by atoms with Gasteiger partial charge in [0.05, 0.1) is 14.2 Å². The number of amides is 1. The van der Waals surface area contributed by atoms with Crippen molar-refractivity contribution in [2.75, 3.05) is 26.5 Å². The Kier molecular flexibility index (Phi) is 6.86. The fourth-order valence-electron chi connectivity index (χ4n) is 1.71. The van der Waals surface area contributed by atoms with E-state index in [1.807, 2.05) is 0 Å².